The number of anilines is 1. The minimum Gasteiger partial charge on any atom is -0.399 e. The Bertz CT molecular complexity index is 524. The van der Waals surface area contributed by atoms with E-state index in [-0.39, 0.29) is 11.0 Å². The van der Waals surface area contributed by atoms with Crippen LogP contribution in [0.1, 0.15) is 19.3 Å². The van der Waals surface area contributed by atoms with Crippen LogP contribution in [0, 0.1) is 0 Å². The first-order valence-electron chi connectivity index (χ1n) is 6.43. The summed E-state index contributed by atoms with van der Waals surface area (Å²) in [5.41, 5.74) is 6.08. The Morgan fingerprint density at radius 1 is 1.42 bits per heavy atom. The van der Waals surface area contributed by atoms with Gasteiger partial charge in [-0.05, 0) is 37.5 Å². The van der Waals surface area contributed by atoms with Crippen LogP contribution < -0.4 is 5.73 Å². The number of hydrogen-bond acceptors (Lipinski definition) is 4. The smallest absolute Gasteiger partial charge is 0.242 e. The van der Waals surface area contributed by atoms with Gasteiger partial charge in [-0.15, -0.1) is 0 Å². The normalized spacial score (nSPS) is 20.6. The van der Waals surface area contributed by atoms with Gasteiger partial charge in [0.1, 0.15) is 0 Å². The van der Waals surface area contributed by atoms with Crippen LogP contribution in [0.2, 0.25) is 0 Å². The van der Waals surface area contributed by atoms with Crippen molar-refractivity contribution in [3.63, 3.8) is 0 Å². The third kappa shape index (κ3) is 3.46. The summed E-state index contributed by atoms with van der Waals surface area (Å²) in [5, 5.41) is 0. The highest BCUT2D eigenvalue weighted by Crippen LogP contribution is 2.20. The molecule has 0 amide bonds. The topological polar surface area (TPSA) is 72.6 Å². The SMILES string of the molecule is CN(CC1CCCCO1)S(=O)(=O)c1cccc(N)c1. The second kappa shape index (κ2) is 5.90. The van der Waals surface area contributed by atoms with Crippen LogP contribution in [-0.2, 0) is 14.8 Å². The standard InChI is InChI=1S/C13H20N2O3S/c1-15(10-12-6-2-3-8-18-12)19(16,17)13-7-4-5-11(14)9-13/h4-5,7,9,12H,2-3,6,8,10,14H2,1H3. The van der Waals surface area contributed by atoms with Crippen LogP contribution in [0.5, 0.6) is 0 Å². The molecule has 0 spiro atoms. The monoisotopic (exact) mass is 284 g/mol. The molecule has 1 aliphatic rings. The van der Waals surface area contributed by atoms with E-state index in [0.29, 0.717) is 12.2 Å². The molecule has 2 rings (SSSR count). The van der Waals surface area contributed by atoms with Gasteiger partial charge in [-0.25, -0.2) is 8.42 Å². The molecular formula is C13H20N2O3S. The van der Waals surface area contributed by atoms with Gasteiger partial charge < -0.3 is 10.5 Å². The lowest BCUT2D eigenvalue weighted by atomic mass is 10.1. The summed E-state index contributed by atoms with van der Waals surface area (Å²) in [7, 11) is -1.91. The zero-order valence-electron chi connectivity index (χ0n) is 11.1. The summed E-state index contributed by atoms with van der Waals surface area (Å²) in [6.45, 7) is 1.11. The fraction of sp³-hybridized carbons (Fsp3) is 0.538. The minimum atomic E-state index is -3.49. The average molecular weight is 284 g/mol. The van der Waals surface area contributed by atoms with E-state index < -0.39 is 10.0 Å². The summed E-state index contributed by atoms with van der Waals surface area (Å²) in [6.07, 6.45) is 3.06. The summed E-state index contributed by atoms with van der Waals surface area (Å²) < 4.78 is 31.7. The molecule has 0 radical (unpaired) electrons. The number of ether oxygens (including phenoxy) is 1. The summed E-state index contributed by atoms with van der Waals surface area (Å²) in [6, 6.07) is 6.36. The second-order valence-electron chi connectivity index (χ2n) is 4.85. The maximum absolute atomic E-state index is 12.4. The van der Waals surface area contributed by atoms with E-state index in [0.717, 1.165) is 25.9 Å². The quantitative estimate of drug-likeness (QED) is 0.850. The average Bonchev–Trinajstić information content (AvgIpc) is 2.40. The van der Waals surface area contributed by atoms with Crippen molar-refractivity contribution in [2.75, 3.05) is 25.9 Å². The Hall–Kier alpha value is -1.11. The van der Waals surface area contributed by atoms with Crippen LogP contribution in [-0.4, -0.2) is 39.0 Å². The Balaban J connectivity index is 2.10. The Morgan fingerprint density at radius 2 is 2.21 bits per heavy atom. The molecule has 19 heavy (non-hydrogen) atoms. The van der Waals surface area contributed by atoms with Crippen molar-refractivity contribution >= 4 is 15.7 Å². The molecule has 5 nitrogen and oxygen atoms in total. The summed E-state index contributed by atoms with van der Waals surface area (Å²) >= 11 is 0. The molecule has 6 heteroatoms. The second-order valence-corrected chi connectivity index (χ2v) is 6.89. The maximum Gasteiger partial charge on any atom is 0.242 e. The Kier molecular flexibility index (Phi) is 4.44. The molecule has 0 aliphatic carbocycles. The van der Waals surface area contributed by atoms with E-state index in [1.807, 2.05) is 0 Å². The van der Waals surface area contributed by atoms with Crippen LogP contribution >= 0.6 is 0 Å². The highest BCUT2D eigenvalue weighted by atomic mass is 32.2. The zero-order valence-corrected chi connectivity index (χ0v) is 11.9. The van der Waals surface area contributed by atoms with Gasteiger partial charge in [0.15, 0.2) is 0 Å². The molecule has 0 bridgehead atoms. The highest BCUT2D eigenvalue weighted by Gasteiger charge is 2.25. The number of nitrogens with zero attached hydrogens (tertiary/aromatic N) is 1. The van der Waals surface area contributed by atoms with Crippen molar-refractivity contribution in [2.24, 2.45) is 0 Å². The fourth-order valence-corrected chi connectivity index (χ4v) is 3.45. The molecule has 1 saturated heterocycles. The lowest BCUT2D eigenvalue weighted by Crippen LogP contribution is -2.37. The molecule has 1 fully saturated rings. The van der Waals surface area contributed by atoms with E-state index in [1.54, 1.807) is 25.2 Å². The molecule has 0 saturated carbocycles. The summed E-state index contributed by atoms with van der Waals surface area (Å²) in [4.78, 5) is 0.228. The van der Waals surface area contributed by atoms with Gasteiger partial charge in [0, 0.05) is 25.9 Å². The Morgan fingerprint density at radius 3 is 2.84 bits per heavy atom. The third-order valence-corrected chi connectivity index (χ3v) is 5.12. The lowest BCUT2D eigenvalue weighted by molar-refractivity contribution is 0.00859. The molecule has 106 valence electrons. The van der Waals surface area contributed by atoms with Crippen molar-refractivity contribution in [3.05, 3.63) is 24.3 Å². The van der Waals surface area contributed by atoms with E-state index in [1.165, 1.54) is 10.4 Å². The van der Waals surface area contributed by atoms with Crippen molar-refractivity contribution < 1.29 is 13.2 Å². The van der Waals surface area contributed by atoms with E-state index in [4.69, 9.17) is 10.5 Å². The van der Waals surface area contributed by atoms with Crippen LogP contribution in [0.15, 0.2) is 29.2 Å². The molecule has 2 N–H and O–H groups in total. The van der Waals surface area contributed by atoms with E-state index >= 15 is 0 Å². The maximum atomic E-state index is 12.4. The van der Waals surface area contributed by atoms with Gasteiger partial charge in [0.2, 0.25) is 10.0 Å². The van der Waals surface area contributed by atoms with E-state index in [9.17, 15) is 8.42 Å². The number of hydrogen-bond donors (Lipinski definition) is 1. The predicted octanol–water partition coefficient (Wildman–Crippen LogP) is 1.46. The first-order valence-corrected chi connectivity index (χ1v) is 7.87. The first-order chi connectivity index (χ1) is 9.00. The molecule has 0 aromatic heterocycles. The largest absolute Gasteiger partial charge is 0.399 e. The number of nitrogens with two attached hydrogens (primary N) is 1. The van der Waals surface area contributed by atoms with Gasteiger partial charge in [0.25, 0.3) is 0 Å². The van der Waals surface area contributed by atoms with Gasteiger partial charge in [0.05, 0.1) is 11.0 Å². The molecular weight excluding hydrogens is 264 g/mol. The van der Waals surface area contributed by atoms with Gasteiger partial charge >= 0.3 is 0 Å². The van der Waals surface area contributed by atoms with E-state index in [2.05, 4.69) is 0 Å². The Labute approximate surface area is 114 Å². The highest BCUT2D eigenvalue weighted by molar-refractivity contribution is 7.89. The van der Waals surface area contributed by atoms with Crippen molar-refractivity contribution in [2.45, 2.75) is 30.3 Å². The van der Waals surface area contributed by atoms with Crippen LogP contribution in [0.25, 0.3) is 0 Å². The summed E-state index contributed by atoms with van der Waals surface area (Å²) in [5.74, 6) is 0. The zero-order chi connectivity index (χ0) is 13.9. The first kappa shape index (κ1) is 14.3. The third-order valence-electron chi connectivity index (χ3n) is 3.30. The number of benzene rings is 1. The number of sulfonamides is 1. The molecule has 1 aromatic carbocycles. The van der Waals surface area contributed by atoms with Gasteiger partial charge in [-0.3, -0.25) is 0 Å². The van der Waals surface area contributed by atoms with Gasteiger partial charge in [-0.1, -0.05) is 6.07 Å². The number of nitrogen functional groups attached to an aromatic ring is 1. The minimum absolute atomic E-state index is 0.00501. The van der Waals surface area contributed by atoms with Crippen molar-refractivity contribution in [1.82, 2.24) is 4.31 Å². The lowest BCUT2D eigenvalue weighted by Gasteiger charge is -2.27. The predicted molar refractivity (Wildman–Crippen MR) is 74.3 cm³/mol. The molecule has 1 heterocycles. The van der Waals surface area contributed by atoms with Gasteiger partial charge in [-0.2, -0.15) is 4.31 Å². The van der Waals surface area contributed by atoms with Crippen LogP contribution in [0.4, 0.5) is 5.69 Å². The molecule has 1 unspecified atom stereocenters. The molecule has 1 atom stereocenters. The molecule has 1 aromatic rings. The molecule has 1 aliphatic heterocycles. The van der Waals surface area contributed by atoms with Crippen molar-refractivity contribution in [3.8, 4) is 0 Å². The number of likely N-dealkylation sites (N-methyl/N-ethyl adjacent to an activating group) is 1. The van der Waals surface area contributed by atoms with Crippen molar-refractivity contribution in [1.29, 1.82) is 0 Å². The number of rotatable bonds is 4. The van der Waals surface area contributed by atoms with Crippen LogP contribution in [0.3, 0.4) is 0 Å². The fourth-order valence-electron chi connectivity index (χ4n) is 2.19.